The van der Waals surface area contributed by atoms with Crippen LogP contribution in [0.4, 0.5) is 0 Å². The molecule has 0 spiro atoms. The first kappa shape index (κ1) is 30.3. The Kier molecular flexibility index (Phi) is 14.4. The maximum atomic E-state index is 12.7. The van der Waals surface area contributed by atoms with Gasteiger partial charge in [-0.3, -0.25) is 9.19 Å². The van der Waals surface area contributed by atoms with Gasteiger partial charge in [-0.2, -0.15) is 4.98 Å². The van der Waals surface area contributed by atoms with Gasteiger partial charge in [-0.1, -0.05) is 0 Å². The van der Waals surface area contributed by atoms with Crippen LogP contribution in [-0.2, 0) is 21.3 Å². The van der Waals surface area contributed by atoms with E-state index in [9.17, 15) is 4.21 Å². The quantitative estimate of drug-likeness (QED) is 0.292. The fourth-order valence-corrected chi connectivity index (χ4v) is 3.57. The Labute approximate surface area is 231 Å². The van der Waals surface area contributed by atoms with Crippen LogP contribution in [-0.4, -0.2) is 56.0 Å². The molecule has 0 bridgehead atoms. The van der Waals surface area contributed by atoms with Crippen molar-refractivity contribution in [3.05, 3.63) is 48.3 Å². The number of aromatic nitrogens is 4. The number of nitrogens with zero attached hydrogens (tertiary/aromatic N) is 3. The van der Waals surface area contributed by atoms with E-state index in [1.807, 2.05) is 13.8 Å². The predicted octanol–water partition coefficient (Wildman–Crippen LogP) is -2.17. The molecule has 0 aliphatic heterocycles. The summed E-state index contributed by atoms with van der Waals surface area (Å²) in [7, 11) is 1.79. The van der Waals surface area contributed by atoms with Gasteiger partial charge < -0.3 is 29.5 Å². The molecule has 0 saturated heterocycles. The number of methoxy groups -OCH3 is 2. The van der Waals surface area contributed by atoms with Crippen LogP contribution in [0.2, 0.25) is 0 Å². The van der Waals surface area contributed by atoms with Gasteiger partial charge in [0.1, 0.15) is 5.75 Å². The van der Waals surface area contributed by atoms with Gasteiger partial charge in [0.25, 0.3) is 0 Å². The van der Waals surface area contributed by atoms with Crippen molar-refractivity contribution in [1.29, 1.82) is 0 Å². The molecule has 0 amide bonds. The van der Waals surface area contributed by atoms with Crippen molar-refractivity contribution in [1.82, 2.24) is 19.9 Å². The van der Waals surface area contributed by atoms with Crippen LogP contribution in [0.1, 0.15) is 16.8 Å². The number of aromatic amines is 1. The molecule has 168 valence electrons. The first-order chi connectivity index (χ1) is 14.8. The van der Waals surface area contributed by atoms with Crippen LogP contribution in [0.25, 0.3) is 11.2 Å². The number of aliphatic carboxylic acids is 1. The second-order valence-electron chi connectivity index (χ2n) is 5.83. The van der Waals surface area contributed by atoms with E-state index in [1.54, 1.807) is 32.5 Å². The number of ether oxygens (including phenoxy) is 2. The number of carboxylic acids is 1. The van der Waals surface area contributed by atoms with E-state index < -0.39 is 23.4 Å². The van der Waals surface area contributed by atoms with Crippen molar-refractivity contribution in [2.24, 2.45) is 0 Å². The summed E-state index contributed by atoms with van der Waals surface area (Å²) >= 11 is 0. The minimum atomic E-state index is -1.44. The maximum absolute atomic E-state index is 12.7. The SMILES string of the molecule is C=C.COc1ccc2[nH]c(S(=O)Cc3ncc(C)c(OC)c3C)nc2n1.O=C([O-])CO.[K+]. The van der Waals surface area contributed by atoms with E-state index in [2.05, 4.69) is 33.1 Å². The van der Waals surface area contributed by atoms with Gasteiger partial charge in [-0.05, 0) is 19.9 Å². The van der Waals surface area contributed by atoms with Crippen LogP contribution >= 0.6 is 0 Å². The van der Waals surface area contributed by atoms with Crippen molar-refractivity contribution in [2.45, 2.75) is 24.8 Å². The second kappa shape index (κ2) is 15.2. The zero-order valence-corrected chi connectivity index (χ0v) is 22.7. The number of hydrogen-bond acceptors (Lipinski definition) is 9. The topological polar surface area (TPSA) is 150 Å². The minimum absolute atomic E-state index is 0. The van der Waals surface area contributed by atoms with Crippen LogP contribution < -0.4 is 66.0 Å². The van der Waals surface area contributed by atoms with Crippen LogP contribution in [0.15, 0.2) is 36.6 Å². The molecule has 0 aliphatic rings. The predicted molar refractivity (Wildman–Crippen MR) is 114 cm³/mol. The maximum Gasteiger partial charge on any atom is 1.00 e. The molecule has 32 heavy (non-hydrogen) atoms. The molecule has 0 aromatic carbocycles. The van der Waals surface area contributed by atoms with Gasteiger partial charge in [0.2, 0.25) is 5.88 Å². The molecule has 1 atom stereocenters. The van der Waals surface area contributed by atoms with Crippen molar-refractivity contribution in [2.75, 3.05) is 20.8 Å². The van der Waals surface area contributed by atoms with E-state index in [4.69, 9.17) is 24.5 Å². The molecule has 1 unspecified atom stereocenters. The monoisotopic (exact) mass is 488 g/mol. The number of hydrogen-bond donors (Lipinski definition) is 2. The van der Waals surface area contributed by atoms with Crippen LogP contribution in [0.5, 0.6) is 11.6 Å². The third-order valence-corrected chi connectivity index (χ3v) is 5.03. The number of aliphatic hydroxyl groups excluding tert-OH is 1. The summed E-state index contributed by atoms with van der Waals surface area (Å²) in [6.07, 6.45) is 1.73. The smallest absolute Gasteiger partial charge is 0.548 e. The molecule has 3 aromatic rings. The fraction of sp³-hybridized carbons (Fsp3) is 0.300. The molecular formula is C20H25KN4O6S. The summed E-state index contributed by atoms with van der Waals surface area (Å²) in [6.45, 7) is 8.95. The van der Waals surface area contributed by atoms with Crippen molar-refractivity contribution in [3.63, 3.8) is 0 Å². The number of aryl methyl sites for hydroxylation is 1. The zero-order valence-electron chi connectivity index (χ0n) is 18.8. The van der Waals surface area contributed by atoms with Gasteiger partial charge in [-0.15, -0.1) is 13.2 Å². The third-order valence-electron chi connectivity index (χ3n) is 3.87. The number of carbonyl (C=O) groups excluding carboxylic acids is 1. The largest absolute Gasteiger partial charge is 1.00 e. The van der Waals surface area contributed by atoms with E-state index >= 15 is 0 Å². The Hall–Kier alpha value is -1.67. The zero-order chi connectivity index (χ0) is 23.6. The number of fused-ring (bicyclic) bond motifs is 1. The average Bonchev–Trinajstić information content (AvgIpc) is 3.21. The summed E-state index contributed by atoms with van der Waals surface area (Å²) in [4.78, 5) is 25.0. The average molecular weight is 489 g/mol. The Balaban J connectivity index is 0.00000106. The second-order valence-corrected chi connectivity index (χ2v) is 7.20. The number of rotatable bonds is 6. The standard InChI is InChI=1S/C16H18N4O3S.C2H4O3.C2H4.K/c1-9-7-17-12(10(2)14(9)23-4)8-24(21)16-18-11-5-6-13(22-3)19-15(11)20-16;3-1-2(4)5;1-2;/h5-7H,8H2,1-4H3,(H,18,19,20);3H,1H2,(H,4,5);1-2H2;/q;;;+1/p-1. The number of aliphatic hydroxyl groups is 1. The molecule has 0 saturated carbocycles. The minimum Gasteiger partial charge on any atom is -0.548 e. The van der Waals surface area contributed by atoms with Gasteiger partial charge in [0, 0.05) is 23.4 Å². The number of imidazole rings is 1. The number of carboxylic acid groups (broad SMARTS) is 1. The first-order valence-electron chi connectivity index (χ1n) is 8.89. The van der Waals surface area contributed by atoms with Gasteiger partial charge in [-0.25, -0.2) is 4.98 Å². The summed E-state index contributed by atoms with van der Waals surface area (Å²) in [5, 5.41) is 16.9. The molecular weight excluding hydrogens is 463 g/mol. The summed E-state index contributed by atoms with van der Waals surface area (Å²) in [5.41, 5.74) is 3.75. The third kappa shape index (κ3) is 8.35. The number of pyridine rings is 2. The van der Waals surface area contributed by atoms with Gasteiger partial charge >= 0.3 is 51.4 Å². The molecule has 12 heteroatoms. The summed E-state index contributed by atoms with van der Waals surface area (Å²) < 4.78 is 23.1. The van der Waals surface area contributed by atoms with Crippen LogP contribution in [0.3, 0.4) is 0 Å². The normalized spacial score (nSPS) is 10.5. The van der Waals surface area contributed by atoms with E-state index in [-0.39, 0.29) is 57.1 Å². The number of carbonyl (C=O) groups is 1. The van der Waals surface area contributed by atoms with Crippen LogP contribution in [0, 0.1) is 13.8 Å². The summed E-state index contributed by atoms with van der Waals surface area (Å²) in [6, 6.07) is 3.52. The Morgan fingerprint density at radius 1 is 1.22 bits per heavy atom. The van der Waals surface area contributed by atoms with Crippen molar-refractivity contribution in [3.8, 4) is 11.6 Å². The summed E-state index contributed by atoms with van der Waals surface area (Å²) in [5.74, 6) is 0.0458. The molecule has 0 fully saturated rings. The molecule has 3 rings (SSSR count). The molecule has 10 nitrogen and oxygen atoms in total. The van der Waals surface area contributed by atoms with E-state index in [0.29, 0.717) is 22.2 Å². The Bertz CT molecular complexity index is 1060. The Morgan fingerprint density at radius 3 is 2.38 bits per heavy atom. The molecule has 0 radical (unpaired) electrons. The number of H-pyrrole nitrogens is 1. The number of nitrogens with one attached hydrogen (secondary N) is 1. The fourth-order valence-electron chi connectivity index (χ4n) is 2.48. The van der Waals surface area contributed by atoms with Crippen molar-refractivity contribution < 1.29 is 80.1 Å². The van der Waals surface area contributed by atoms with E-state index in [1.165, 1.54) is 0 Å². The molecule has 3 heterocycles. The molecule has 0 aliphatic carbocycles. The Morgan fingerprint density at radius 2 is 1.84 bits per heavy atom. The first-order valence-corrected chi connectivity index (χ1v) is 10.2. The van der Waals surface area contributed by atoms with E-state index in [0.717, 1.165) is 22.6 Å². The molecule has 3 aromatic heterocycles. The molecule has 2 N–H and O–H groups in total. The van der Waals surface area contributed by atoms with Gasteiger partial charge in [0.05, 0.1) is 54.6 Å². The van der Waals surface area contributed by atoms with Gasteiger partial charge in [0.15, 0.2) is 10.8 Å². The van der Waals surface area contributed by atoms with Crippen molar-refractivity contribution >= 4 is 27.9 Å².